The lowest BCUT2D eigenvalue weighted by molar-refractivity contribution is -0.131. The molecule has 0 unspecified atom stereocenters. The van der Waals surface area contributed by atoms with Gasteiger partial charge in [0.05, 0.1) is 5.02 Å². The fourth-order valence-electron chi connectivity index (χ4n) is 1.55. The lowest BCUT2D eigenvalue weighted by atomic mass is 10.2. The van der Waals surface area contributed by atoms with E-state index in [1.165, 1.54) is 24.3 Å². The van der Waals surface area contributed by atoms with Crippen molar-refractivity contribution in [3.8, 4) is 11.5 Å². The largest absolute Gasteiger partial charge is 0.478 e. The van der Waals surface area contributed by atoms with E-state index in [0.29, 0.717) is 11.6 Å². The van der Waals surface area contributed by atoms with Gasteiger partial charge in [-0.2, -0.15) is 0 Å². The number of carbonyl (C=O) groups is 1. The molecule has 2 rings (SSSR count). The van der Waals surface area contributed by atoms with E-state index < -0.39 is 17.6 Å². The lowest BCUT2D eigenvalue weighted by Gasteiger charge is -2.08. The molecular weight excluding hydrogens is 302 g/mol. The minimum Gasteiger partial charge on any atom is -0.478 e. The SMILES string of the molecule is O=C(O)/C=C/c1ccc(Oc2ccc(F)cc2F)cc1Cl. The molecule has 2 aromatic rings. The van der Waals surface area contributed by atoms with E-state index in [4.69, 9.17) is 21.4 Å². The molecule has 0 aliphatic heterocycles. The van der Waals surface area contributed by atoms with Gasteiger partial charge in [-0.3, -0.25) is 0 Å². The Bertz CT molecular complexity index is 714. The summed E-state index contributed by atoms with van der Waals surface area (Å²) < 4.78 is 31.5. The second kappa shape index (κ2) is 6.37. The molecule has 0 aromatic heterocycles. The van der Waals surface area contributed by atoms with Crippen molar-refractivity contribution in [2.45, 2.75) is 0 Å². The van der Waals surface area contributed by atoms with Crippen molar-refractivity contribution >= 4 is 23.6 Å². The van der Waals surface area contributed by atoms with Crippen molar-refractivity contribution in [1.82, 2.24) is 0 Å². The molecule has 3 nitrogen and oxygen atoms in total. The van der Waals surface area contributed by atoms with Crippen LogP contribution < -0.4 is 4.74 Å². The summed E-state index contributed by atoms with van der Waals surface area (Å²) in [6.45, 7) is 0. The molecule has 0 spiro atoms. The van der Waals surface area contributed by atoms with E-state index in [1.54, 1.807) is 0 Å². The molecule has 0 radical (unpaired) electrons. The Hall–Kier alpha value is -2.40. The van der Waals surface area contributed by atoms with Gasteiger partial charge >= 0.3 is 5.97 Å². The van der Waals surface area contributed by atoms with Crippen molar-refractivity contribution in [2.75, 3.05) is 0 Å². The Balaban J connectivity index is 2.22. The Morgan fingerprint density at radius 3 is 2.57 bits per heavy atom. The number of carboxylic acids is 1. The Morgan fingerprint density at radius 1 is 1.19 bits per heavy atom. The van der Waals surface area contributed by atoms with Crippen LogP contribution in [0.5, 0.6) is 11.5 Å². The molecule has 0 aliphatic rings. The molecule has 0 bridgehead atoms. The van der Waals surface area contributed by atoms with Gasteiger partial charge in [0.15, 0.2) is 11.6 Å². The van der Waals surface area contributed by atoms with Crippen molar-refractivity contribution in [2.24, 2.45) is 0 Å². The molecule has 0 aliphatic carbocycles. The molecule has 0 fully saturated rings. The maximum absolute atomic E-state index is 13.5. The quantitative estimate of drug-likeness (QED) is 0.845. The van der Waals surface area contributed by atoms with Crippen LogP contribution in [-0.2, 0) is 4.79 Å². The number of ether oxygens (including phenoxy) is 1. The highest BCUT2D eigenvalue weighted by molar-refractivity contribution is 6.32. The molecule has 108 valence electrons. The van der Waals surface area contributed by atoms with Gasteiger partial charge in [-0.15, -0.1) is 0 Å². The molecule has 21 heavy (non-hydrogen) atoms. The summed E-state index contributed by atoms with van der Waals surface area (Å²) in [5.41, 5.74) is 0.478. The lowest BCUT2D eigenvalue weighted by Crippen LogP contribution is -1.90. The zero-order chi connectivity index (χ0) is 15.4. The zero-order valence-electron chi connectivity index (χ0n) is 10.5. The van der Waals surface area contributed by atoms with Gasteiger partial charge in [0.1, 0.15) is 11.6 Å². The number of hydrogen-bond donors (Lipinski definition) is 1. The number of halogens is 3. The Kier molecular flexibility index (Phi) is 4.55. The number of benzene rings is 2. The summed E-state index contributed by atoms with van der Waals surface area (Å²) in [7, 11) is 0. The maximum Gasteiger partial charge on any atom is 0.328 e. The third-order valence-electron chi connectivity index (χ3n) is 2.50. The highest BCUT2D eigenvalue weighted by Gasteiger charge is 2.07. The molecule has 0 amide bonds. The predicted molar refractivity (Wildman–Crippen MR) is 74.6 cm³/mol. The minimum atomic E-state index is -1.10. The first-order chi connectivity index (χ1) is 9.95. The number of hydrogen-bond acceptors (Lipinski definition) is 2. The van der Waals surface area contributed by atoms with Crippen LogP contribution in [0.4, 0.5) is 8.78 Å². The van der Waals surface area contributed by atoms with Crippen LogP contribution in [-0.4, -0.2) is 11.1 Å². The number of aliphatic carboxylic acids is 1. The zero-order valence-corrected chi connectivity index (χ0v) is 11.3. The van der Waals surface area contributed by atoms with E-state index >= 15 is 0 Å². The average Bonchev–Trinajstić information content (AvgIpc) is 2.41. The van der Waals surface area contributed by atoms with Crippen LogP contribution >= 0.6 is 11.6 Å². The van der Waals surface area contributed by atoms with Gasteiger partial charge in [-0.25, -0.2) is 13.6 Å². The number of rotatable bonds is 4. The number of carboxylic acid groups (broad SMARTS) is 1. The molecule has 0 heterocycles. The van der Waals surface area contributed by atoms with Crippen molar-refractivity contribution in [3.63, 3.8) is 0 Å². The van der Waals surface area contributed by atoms with Gasteiger partial charge in [0.2, 0.25) is 0 Å². The second-order valence-corrected chi connectivity index (χ2v) is 4.44. The predicted octanol–water partition coefficient (Wildman–Crippen LogP) is 4.51. The van der Waals surface area contributed by atoms with Crippen molar-refractivity contribution in [1.29, 1.82) is 0 Å². The minimum absolute atomic E-state index is 0.138. The molecule has 0 saturated heterocycles. The van der Waals surface area contributed by atoms with Crippen LogP contribution in [0.25, 0.3) is 6.08 Å². The average molecular weight is 311 g/mol. The van der Waals surface area contributed by atoms with E-state index in [0.717, 1.165) is 18.2 Å². The first-order valence-electron chi connectivity index (χ1n) is 5.79. The molecule has 0 saturated carbocycles. The monoisotopic (exact) mass is 310 g/mol. The normalized spacial score (nSPS) is 10.8. The molecule has 0 atom stereocenters. The standard InChI is InChI=1S/C15H9ClF2O3/c16-12-8-11(4-1-9(12)2-6-15(19)20)21-14-5-3-10(17)7-13(14)18/h1-8H,(H,19,20)/b6-2+. The third-order valence-corrected chi connectivity index (χ3v) is 2.83. The maximum atomic E-state index is 13.5. The third kappa shape index (κ3) is 4.03. The van der Waals surface area contributed by atoms with Gasteiger partial charge in [0.25, 0.3) is 0 Å². The summed E-state index contributed by atoms with van der Waals surface area (Å²) in [5.74, 6) is -2.52. The molecular formula is C15H9ClF2O3. The van der Waals surface area contributed by atoms with E-state index in [1.807, 2.05) is 0 Å². The van der Waals surface area contributed by atoms with Crippen molar-refractivity contribution < 1.29 is 23.4 Å². The van der Waals surface area contributed by atoms with Crippen LogP contribution in [0.2, 0.25) is 5.02 Å². The van der Waals surface area contributed by atoms with Crippen LogP contribution in [0.1, 0.15) is 5.56 Å². The Labute approximate surface area is 124 Å². The van der Waals surface area contributed by atoms with Crippen LogP contribution in [0.15, 0.2) is 42.5 Å². The molecule has 6 heteroatoms. The van der Waals surface area contributed by atoms with Crippen molar-refractivity contribution in [3.05, 3.63) is 64.7 Å². The van der Waals surface area contributed by atoms with Gasteiger partial charge in [0, 0.05) is 18.2 Å². The summed E-state index contributed by atoms with van der Waals surface area (Å²) in [6.07, 6.45) is 2.27. The highest BCUT2D eigenvalue weighted by atomic mass is 35.5. The summed E-state index contributed by atoms with van der Waals surface area (Å²) in [6, 6.07) is 7.38. The van der Waals surface area contributed by atoms with Gasteiger partial charge < -0.3 is 9.84 Å². The van der Waals surface area contributed by atoms with E-state index in [2.05, 4.69) is 0 Å². The second-order valence-electron chi connectivity index (χ2n) is 4.03. The fraction of sp³-hybridized carbons (Fsp3) is 0. The smallest absolute Gasteiger partial charge is 0.328 e. The molecule has 1 N–H and O–H groups in total. The van der Waals surface area contributed by atoms with E-state index in [9.17, 15) is 13.6 Å². The summed E-state index contributed by atoms with van der Waals surface area (Å²) in [5, 5.41) is 8.78. The van der Waals surface area contributed by atoms with Crippen LogP contribution in [0.3, 0.4) is 0 Å². The van der Waals surface area contributed by atoms with Gasteiger partial charge in [-0.1, -0.05) is 11.6 Å². The summed E-state index contributed by atoms with van der Waals surface area (Å²) in [4.78, 5) is 10.4. The fourth-order valence-corrected chi connectivity index (χ4v) is 1.79. The molecule has 2 aromatic carbocycles. The van der Waals surface area contributed by atoms with E-state index in [-0.39, 0.29) is 16.5 Å². The van der Waals surface area contributed by atoms with Gasteiger partial charge in [-0.05, 0) is 35.9 Å². The first kappa shape index (κ1) is 15.0. The first-order valence-corrected chi connectivity index (χ1v) is 6.17. The van der Waals surface area contributed by atoms with Crippen LogP contribution in [0, 0.1) is 11.6 Å². The Morgan fingerprint density at radius 2 is 1.95 bits per heavy atom. The summed E-state index contributed by atoms with van der Waals surface area (Å²) >= 11 is 5.97. The highest BCUT2D eigenvalue weighted by Crippen LogP contribution is 2.29. The topological polar surface area (TPSA) is 46.5 Å².